The van der Waals surface area contributed by atoms with Crippen LogP contribution in [0.2, 0.25) is 0 Å². The molecule has 0 bridgehead atoms. The van der Waals surface area contributed by atoms with Crippen LogP contribution in [0.3, 0.4) is 0 Å². The maximum Gasteiger partial charge on any atom is 0.408 e. The molecule has 2 aliphatic rings. The summed E-state index contributed by atoms with van der Waals surface area (Å²) in [4.78, 5) is 22.0. The van der Waals surface area contributed by atoms with E-state index in [0.29, 0.717) is 24.7 Å². The standard InChI is InChI=1S/C25H29F2N5O3/c26-25(27)10-6-19(7-11-25)22(31-24(33)35-16-17-4-2-1-3-5-17)21-15-32-23(30-21)29-20(14-28-32)18-8-12-34-13-9-18/h1-5,14-15,18-19,22H,6-13,16H2,(H,31,33)/t22-/m0/s1. The van der Waals surface area contributed by atoms with Gasteiger partial charge in [-0.05, 0) is 37.2 Å². The first-order chi connectivity index (χ1) is 17.0. The molecule has 2 fully saturated rings. The summed E-state index contributed by atoms with van der Waals surface area (Å²) in [6, 6.07) is 8.77. The number of nitrogens with one attached hydrogen (secondary N) is 1. The van der Waals surface area contributed by atoms with Crippen LogP contribution in [0.5, 0.6) is 0 Å². The quantitative estimate of drug-likeness (QED) is 0.539. The highest BCUT2D eigenvalue weighted by Gasteiger charge is 2.39. The molecule has 0 radical (unpaired) electrons. The lowest BCUT2D eigenvalue weighted by Gasteiger charge is -2.33. The molecule has 1 aliphatic carbocycles. The number of hydrogen-bond acceptors (Lipinski definition) is 6. The molecule has 2 aromatic heterocycles. The van der Waals surface area contributed by atoms with E-state index in [4.69, 9.17) is 14.5 Å². The van der Waals surface area contributed by atoms with Gasteiger partial charge in [-0.2, -0.15) is 5.10 Å². The first-order valence-corrected chi connectivity index (χ1v) is 12.1. The molecule has 0 spiro atoms. The Balaban J connectivity index is 1.35. The fraction of sp³-hybridized carbons (Fsp3) is 0.520. The Labute approximate surface area is 202 Å². The van der Waals surface area contributed by atoms with Crippen molar-refractivity contribution in [1.82, 2.24) is 24.9 Å². The first-order valence-electron chi connectivity index (χ1n) is 12.1. The Morgan fingerprint density at radius 1 is 1.14 bits per heavy atom. The van der Waals surface area contributed by atoms with E-state index in [1.54, 1.807) is 16.9 Å². The summed E-state index contributed by atoms with van der Waals surface area (Å²) in [5, 5.41) is 7.36. The number of rotatable bonds is 6. The molecule has 3 aromatic rings. The molecule has 1 aliphatic heterocycles. The number of hydrogen-bond donors (Lipinski definition) is 1. The molecule has 1 amide bonds. The monoisotopic (exact) mass is 485 g/mol. The van der Waals surface area contributed by atoms with Crippen molar-refractivity contribution in [1.29, 1.82) is 0 Å². The number of halogens is 2. The van der Waals surface area contributed by atoms with Gasteiger partial charge in [0.2, 0.25) is 5.92 Å². The summed E-state index contributed by atoms with van der Waals surface area (Å²) in [7, 11) is 0. The molecule has 1 atom stereocenters. The Morgan fingerprint density at radius 2 is 1.89 bits per heavy atom. The highest BCUT2D eigenvalue weighted by molar-refractivity contribution is 5.68. The summed E-state index contributed by atoms with van der Waals surface area (Å²) in [5.74, 6) is -2.17. The second kappa shape index (κ2) is 10.2. The van der Waals surface area contributed by atoms with E-state index < -0.39 is 18.1 Å². The lowest BCUT2D eigenvalue weighted by molar-refractivity contribution is -0.0497. The summed E-state index contributed by atoms with van der Waals surface area (Å²) >= 11 is 0. The van der Waals surface area contributed by atoms with Crippen molar-refractivity contribution in [2.75, 3.05) is 13.2 Å². The van der Waals surface area contributed by atoms with Crippen LogP contribution in [0.15, 0.2) is 42.7 Å². The van der Waals surface area contributed by atoms with Gasteiger partial charge >= 0.3 is 6.09 Å². The van der Waals surface area contributed by atoms with Crippen molar-refractivity contribution in [2.45, 2.75) is 63.0 Å². The topological polar surface area (TPSA) is 90.6 Å². The number of imidazole rings is 1. The van der Waals surface area contributed by atoms with Gasteiger partial charge in [-0.3, -0.25) is 0 Å². The van der Waals surface area contributed by atoms with Gasteiger partial charge in [0.05, 0.1) is 29.8 Å². The zero-order chi connectivity index (χ0) is 24.3. The molecule has 1 saturated heterocycles. The van der Waals surface area contributed by atoms with Crippen LogP contribution in [0.25, 0.3) is 5.78 Å². The highest BCUT2D eigenvalue weighted by Crippen LogP contribution is 2.41. The molecular weight excluding hydrogens is 456 g/mol. The lowest BCUT2D eigenvalue weighted by Crippen LogP contribution is -2.37. The van der Waals surface area contributed by atoms with E-state index in [9.17, 15) is 13.6 Å². The van der Waals surface area contributed by atoms with E-state index in [-0.39, 0.29) is 44.1 Å². The third-order valence-electron chi connectivity index (χ3n) is 6.91. The Bertz CT molecular complexity index is 1140. The summed E-state index contributed by atoms with van der Waals surface area (Å²) in [6.07, 6.45) is 4.73. The fourth-order valence-corrected chi connectivity index (χ4v) is 4.87. The normalized spacial score (nSPS) is 19.9. The zero-order valence-electron chi connectivity index (χ0n) is 19.4. The second-order valence-electron chi connectivity index (χ2n) is 9.36. The molecule has 0 unspecified atom stereocenters. The molecule has 186 valence electrons. The molecule has 1 N–H and O–H groups in total. The molecule has 35 heavy (non-hydrogen) atoms. The van der Waals surface area contributed by atoms with Gasteiger partial charge in [-0.15, -0.1) is 0 Å². The summed E-state index contributed by atoms with van der Waals surface area (Å²) in [5.41, 5.74) is 2.27. The van der Waals surface area contributed by atoms with E-state index >= 15 is 0 Å². The number of alkyl halides is 2. The molecule has 10 heteroatoms. The molecular formula is C25H29F2N5O3. The Kier molecular flexibility index (Phi) is 6.90. The lowest BCUT2D eigenvalue weighted by atomic mass is 9.81. The summed E-state index contributed by atoms with van der Waals surface area (Å²) in [6.45, 7) is 1.51. The number of aromatic nitrogens is 4. The number of carbonyl (C=O) groups is 1. The van der Waals surface area contributed by atoms with Crippen molar-refractivity contribution in [3.63, 3.8) is 0 Å². The second-order valence-corrected chi connectivity index (χ2v) is 9.36. The van der Waals surface area contributed by atoms with E-state index in [2.05, 4.69) is 15.4 Å². The molecule has 5 rings (SSSR count). The van der Waals surface area contributed by atoms with Crippen LogP contribution < -0.4 is 5.32 Å². The third-order valence-corrected chi connectivity index (χ3v) is 6.91. The van der Waals surface area contributed by atoms with Crippen LogP contribution in [0.1, 0.15) is 67.4 Å². The minimum atomic E-state index is -2.67. The number of amides is 1. The van der Waals surface area contributed by atoms with E-state index in [1.165, 1.54) is 0 Å². The highest BCUT2D eigenvalue weighted by atomic mass is 19.3. The number of fused-ring (bicyclic) bond motifs is 1. The summed E-state index contributed by atoms with van der Waals surface area (Å²) < 4.78 is 40.1. The maximum absolute atomic E-state index is 13.8. The van der Waals surface area contributed by atoms with Gasteiger partial charge in [-0.1, -0.05) is 30.3 Å². The molecule has 3 heterocycles. The Morgan fingerprint density at radius 3 is 2.63 bits per heavy atom. The van der Waals surface area contributed by atoms with Crippen molar-refractivity contribution in [3.05, 3.63) is 59.7 Å². The van der Waals surface area contributed by atoms with Crippen LogP contribution >= 0.6 is 0 Å². The Hall–Kier alpha value is -3.14. The van der Waals surface area contributed by atoms with Crippen molar-refractivity contribution in [3.8, 4) is 0 Å². The predicted molar refractivity (Wildman–Crippen MR) is 123 cm³/mol. The SMILES string of the molecule is O=C(N[C@H](c1cn2ncc(C3CCOCC3)nc2n1)C1CCC(F)(F)CC1)OCc1ccccc1. The average molecular weight is 486 g/mol. The number of nitrogens with zero attached hydrogens (tertiary/aromatic N) is 4. The first kappa shape index (κ1) is 23.6. The predicted octanol–water partition coefficient (Wildman–Crippen LogP) is 4.81. The van der Waals surface area contributed by atoms with E-state index in [1.807, 2.05) is 30.3 Å². The third kappa shape index (κ3) is 5.75. The maximum atomic E-state index is 13.8. The van der Waals surface area contributed by atoms with Crippen LogP contribution in [-0.4, -0.2) is 44.8 Å². The van der Waals surface area contributed by atoms with Gasteiger partial charge in [0.25, 0.3) is 5.78 Å². The minimum Gasteiger partial charge on any atom is -0.445 e. The zero-order valence-corrected chi connectivity index (χ0v) is 19.4. The smallest absolute Gasteiger partial charge is 0.408 e. The number of benzene rings is 1. The molecule has 1 saturated carbocycles. The average Bonchev–Trinajstić information content (AvgIpc) is 3.31. The van der Waals surface area contributed by atoms with Crippen LogP contribution in [0.4, 0.5) is 13.6 Å². The van der Waals surface area contributed by atoms with Crippen molar-refractivity contribution < 1.29 is 23.0 Å². The van der Waals surface area contributed by atoms with Crippen molar-refractivity contribution >= 4 is 11.9 Å². The number of carbonyl (C=O) groups excluding carboxylic acids is 1. The largest absolute Gasteiger partial charge is 0.445 e. The number of alkyl carbamates (subject to hydrolysis) is 1. The number of ether oxygens (including phenoxy) is 2. The van der Waals surface area contributed by atoms with Gasteiger partial charge in [0.1, 0.15) is 6.61 Å². The van der Waals surface area contributed by atoms with Gasteiger partial charge in [0, 0.05) is 32.0 Å². The minimum absolute atomic E-state index is 0.116. The van der Waals surface area contributed by atoms with Gasteiger partial charge < -0.3 is 14.8 Å². The van der Waals surface area contributed by atoms with Crippen molar-refractivity contribution in [2.24, 2.45) is 5.92 Å². The molecule has 1 aromatic carbocycles. The van der Waals surface area contributed by atoms with Crippen LogP contribution in [-0.2, 0) is 16.1 Å². The molecule has 8 nitrogen and oxygen atoms in total. The fourth-order valence-electron chi connectivity index (χ4n) is 4.87. The van der Waals surface area contributed by atoms with Gasteiger partial charge in [-0.25, -0.2) is 28.1 Å². The van der Waals surface area contributed by atoms with Crippen LogP contribution in [0, 0.1) is 5.92 Å². The van der Waals surface area contributed by atoms with Gasteiger partial charge in [0.15, 0.2) is 0 Å². The van der Waals surface area contributed by atoms with E-state index in [0.717, 1.165) is 24.1 Å².